The van der Waals surface area contributed by atoms with Crippen molar-refractivity contribution < 1.29 is 13.9 Å². The summed E-state index contributed by atoms with van der Waals surface area (Å²) in [5.41, 5.74) is 3.37. The maximum atomic E-state index is 15.1. The number of hydrogen-bond acceptors (Lipinski definition) is 4. The van der Waals surface area contributed by atoms with Crippen molar-refractivity contribution in [3.8, 4) is 5.75 Å². The number of halogens is 1. The van der Waals surface area contributed by atoms with Crippen LogP contribution in [0.15, 0.2) is 55.1 Å². The Bertz CT molecular complexity index is 1220. The minimum atomic E-state index is -0.567. The summed E-state index contributed by atoms with van der Waals surface area (Å²) in [5.74, 6) is -0.126. The monoisotopic (exact) mass is 405 g/mol. The highest BCUT2D eigenvalue weighted by molar-refractivity contribution is 5.86. The van der Waals surface area contributed by atoms with Gasteiger partial charge < -0.3 is 14.6 Å². The molecule has 0 aliphatic carbocycles. The second-order valence-corrected chi connectivity index (χ2v) is 7.28. The zero-order chi connectivity index (χ0) is 20.7. The van der Waals surface area contributed by atoms with E-state index in [0.29, 0.717) is 24.3 Å². The fraction of sp³-hybridized carbons (Fsp3) is 0.227. The van der Waals surface area contributed by atoms with Crippen LogP contribution >= 0.6 is 0 Å². The largest absolute Gasteiger partial charge is 0.497 e. The number of rotatable bonds is 4. The van der Waals surface area contributed by atoms with E-state index >= 15 is 4.39 Å². The van der Waals surface area contributed by atoms with Gasteiger partial charge in [0, 0.05) is 34.8 Å². The first-order chi connectivity index (χ1) is 14.7. The Morgan fingerprint density at radius 2 is 2.17 bits per heavy atom. The number of nitrogens with zero attached hydrogens (tertiary/aromatic N) is 4. The van der Waals surface area contributed by atoms with Gasteiger partial charge in [-0.05, 0) is 30.2 Å². The van der Waals surface area contributed by atoms with E-state index in [2.05, 4.69) is 21.1 Å². The van der Waals surface area contributed by atoms with E-state index in [1.807, 2.05) is 18.2 Å². The third-order valence-electron chi connectivity index (χ3n) is 5.62. The lowest BCUT2D eigenvalue weighted by Gasteiger charge is -2.36. The highest BCUT2D eigenvalue weighted by Gasteiger charge is 2.36. The maximum absolute atomic E-state index is 15.1. The zero-order valence-electron chi connectivity index (χ0n) is 16.4. The number of carbonyl (C=O) groups is 1. The van der Waals surface area contributed by atoms with Crippen LogP contribution in [0.3, 0.4) is 0 Å². The van der Waals surface area contributed by atoms with Crippen molar-refractivity contribution in [3.63, 3.8) is 0 Å². The van der Waals surface area contributed by atoms with Crippen molar-refractivity contribution in [1.82, 2.24) is 24.6 Å². The molecule has 5 rings (SSSR count). The van der Waals surface area contributed by atoms with E-state index in [9.17, 15) is 4.79 Å². The smallest absolute Gasteiger partial charge is 0.245 e. The number of methoxy groups -OCH3 is 1. The van der Waals surface area contributed by atoms with Gasteiger partial charge >= 0.3 is 0 Å². The number of ether oxygens (including phenoxy) is 1. The van der Waals surface area contributed by atoms with Gasteiger partial charge in [-0.1, -0.05) is 18.2 Å². The lowest BCUT2D eigenvalue weighted by Crippen LogP contribution is -2.42. The number of H-pyrrole nitrogens is 1. The molecule has 1 amide bonds. The molecular weight excluding hydrogens is 385 g/mol. The summed E-state index contributed by atoms with van der Waals surface area (Å²) in [5, 5.41) is 5.13. The predicted molar refractivity (Wildman–Crippen MR) is 109 cm³/mol. The summed E-state index contributed by atoms with van der Waals surface area (Å²) in [4.78, 5) is 22.2. The molecule has 7 nitrogen and oxygen atoms in total. The molecule has 30 heavy (non-hydrogen) atoms. The van der Waals surface area contributed by atoms with Crippen LogP contribution in [0.2, 0.25) is 0 Å². The fourth-order valence-corrected chi connectivity index (χ4v) is 4.23. The molecule has 152 valence electrons. The lowest BCUT2D eigenvalue weighted by atomic mass is 9.92. The third kappa shape index (κ3) is 3.01. The van der Waals surface area contributed by atoms with Gasteiger partial charge in [0.1, 0.15) is 36.8 Å². The number of aromatic nitrogens is 4. The number of fused-ring (bicyclic) bond motifs is 3. The van der Waals surface area contributed by atoms with E-state index in [1.165, 1.54) is 30.5 Å². The molecule has 1 aliphatic rings. The van der Waals surface area contributed by atoms with Gasteiger partial charge in [-0.3, -0.25) is 4.79 Å². The predicted octanol–water partition coefficient (Wildman–Crippen LogP) is 3.08. The van der Waals surface area contributed by atoms with Crippen molar-refractivity contribution in [2.24, 2.45) is 0 Å². The summed E-state index contributed by atoms with van der Waals surface area (Å²) in [6.07, 6.45) is 3.58. The van der Waals surface area contributed by atoms with Crippen molar-refractivity contribution >= 4 is 16.8 Å². The Labute approximate surface area is 172 Å². The van der Waals surface area contributed by atoms with Crippen LogP contribution in [-0.2, 0) is 17.8 Å². The average Bonchev–Trinajstić information content (AvgIpc) is 3.40. The molecule has 0 saturated heterocycles. The first kappa shape index (κ1) is 18.4. The molecule has 1 N–H and O–H groups in total. The van der Waals surface area contributed by atoms with Gasteiger partial charge in [-0.15, -0.1) is 0 Å². The molecule has 1 atom stereocenters. The molecule has 8 heteroatoms. The highest BCUT2D eigenvalue weighted by atomic mass is 19.1. The summed E-state index contributed by atoms with van der Waals surface area (Å²) >= 11 is 0. The molecule has 0 unspecified atom stereocenters. The van der Waals surface area contributed by atoms with Gasteiger partial charge in [-0.25, -0.2) is 14.1 Å². The molecule has 3 heterocycles. The first-order valence-corrected chi connectivity index (χ1v) is 9.70. The van der Waals surface area contributed by atoms with E-state index in [4.69, 9.17) is 4.74 Å². The topological polar surface area (TPSA) is 76.0 Å². The summed E-state index contributed by atoms with van der Waals surface area (Å²) in [6, 6.07) is 12.2. The molecule has 0 fully saturated rings. The number of carbonyl (C=O) groups excluding carboxylic acids is 1. The van der Waals surface area contributed by atoms with E-state index in [-0.39, 0.29) is 12.5 Å². The second kappa shape index (κ2) is 7.29. The Morgan fingerprint density at radius 3 is 2.93 bits per heavy atom. The first-order valence-electron chi connectivity index (χ1n) is 9.70. The number of benzene rings is 2. The fourth-order valence-electron chi connectivity index (χ4n) is 4.23. The van der Waals surface area contributed by atoms with Crippen molar-refractivity contribution in [1.29, 1.82) is 0 Å². The van der Waals surface area contributed by atoms with Gasteiger partial charge in [0.15, 0.2) is 0 Å². The summed E-state index contributed by atoms with van der Waals surface area (Å²) < 4.78 is 21.8. The number of aromatic amines is 1. The third-order valence-corrected chi connectivity index (χ3v) is 5.62. The highest BCUT2D eigenvalue weighted by Crippen LogP contribution is 2.40. The lowest BCUT2D eigenvalue weighted by molar-refractivity contribution is -0.134. The van der Waals surface area contributed by atoms with E-state index in [0.717, 1.165) is 22.2 Å². The summed E-state index contributed by atoms with van der Waals surface area (Å²) in [6.45, 7) is 0.530. The number of hydrogen-bond donors (Lipinski definition) is 1. The molecule has 0 bridgehead atoms. The standard InChI is InChI=1S/C22H20FN5O2/c1-30-14-6-7-17(18(23)10-14)22-21-16(15-4-2-3-5-19(15)26-21)8-9-28(22)20(29)11-27-13-24-12-25-27/h2-7,10,12-13,22,26H,8-9,11H2,1H3/t22-/m1/s1. The summed E-state index contributed by atoms with van der Waals surface area (Å²) in [7, 11) is 1.50. The van der Waals surface area contributed by atoms with E-state index < -0.39 is 11.9 Å². The molecule has 1 aliphatic heterocycles. The Balaban J connectivity index is 1.63. The number of amides is 1. The van der Waals surface area contributed by atoms with Gasteiger partial charge in [0.05, 0.1) is 7.11 Å². The van der Waals surface area contributed by atoms with Crippen molar-refractivity contribution in [2.45, 2.75) is 19.0 Å². The Hall–Kier alpha value is -3.68. The van der Waals surface area contributed by atoms with Crippen LogP contribution in [0.25, 0.3) is 10.9 Å². The molecule has 0 spiro atoms. The molecule has 4 aromatic rings. The Morgan fingerprint density at radius 1 is 1.30 bits per heavy atom. The van der Waals surface area contributed by atoms with Crippen molar-refractivity contribution in [3.05, 3.63) is 77.8 Å². The Kier molecular flexibility index (Phi) is 4.46. The van der Waals surface area contributed by atoms with Crippen LogP contribution in [0.1, 0.15) is 22.9 Å². The SMILES string of the molecule is COc1ccc([C@@H]2c3[nH]c4ccccc4c3CCN2C(=O)Cn2cncn2)c(F)c1. The molecule has 2 aromatic carbocycles. The van der Waals surface area contributed by atoms with Gasteiger partial charge in [0.2, 0.25) is 5.91 Å². The average molecular weight is 405 g/mol. The van der Waals surface area contributed by atoms with Gasteiger partial charge in [0.25, 0.3) is 0 Å². The minimum Gasteiger partial charge on any atom is -0.497 e. The number of para-hydroxylation sites is 1. The zero-order valence-corrected chi connectivity index (χ0v) is 16.4. The molecule has 2 aromatic heterocycles. The molecule has 0 radical (unpaired) electrons. The van der Waals surface area contributed by atoms with Crippen LogP contribution in [-0.4, -0.2) is 44.2 Å². The van der Waals surface area contributed by atoms with Crippen LogP contribution in [0.4, 0.5) is 4.39 Å². The molecular formula is C22H20FN5O2. The van der Waals surface area contributed by atoms with Crippen LogP contribution < -0.4 is 4.74 Å². The quantitative estimate of drug-likeness (QED) is 0.566. The van der Waals surface area contributed by atoms with E-state index in [1.54, 1.807) is 17.0 Å². The maximum Gasteiger partial charge on any atom is 0.245 e. The van der Waals surface area contributed by atoms with Crippen LogP contribution in [0.5, 0.6) is 5.75 Å². The number of nitrogens with one attached hydrogen (secondary N) is 1. The van der Waals surface area contributed by atoms with Gasteiger partial charge in [-0.2, -0.15) is 5.10 Å². The van der Waals surface area contributed by atoms with Crippen LogP contribution in [0, 0.1) is 5.82 Å². The minimum absolute atomic E-state index is 0.0455. The normalized spacial score (nSPS) is 15.9. The molecule has 0 saturated carbocycles. The van der Waals surface area contributed by atoms with Crippen molar-refractivity contribution in [2.75, 3.05) is 13.7 Å². The second-order valence-electron chi connectivity index (χ2n) is 7.28.